The average molecular weight is 669 g/mol. The van der Waals surface area contributed by atoms with E-state index in [2.05, 4.69) is 112 Å². The van der Waals surface area contributed by atoms with Gasteiger partial charge in [-0.05, 0) is 29.3 Å². The van der Waals surface area contributed by atoms with Gasteiger partial charge in [-0.3, -0.25) is 0 Å². The molecule has 0 bridgehead atoms. The van der Waals surface area contributed by atoms with Crippen molar-refractivity contribution < 1.29 is 0 Å². The lowest BCUT2D eigenvalue weighted by Gasteiger charge is -2.07. The minimum atomic E-state index is 0.679. The summed E-state index contributed by atoms with van der Waals surface area (Å²) in [4.78, 5) is 15.0. The summed E-state index contributed by atoms with van der Waals surface area (Å²) in [6.45, 7) is 0. The lowest BCUT2D eigenvalue weighted by molar-refractivity contribution is 1.08. The summed E-state index contributed by atoms with van der Waals surface area (Å²) in [7, 11) is 0. The Bertz CT molecular complexity index is 2720. The fourth-order valence-electron chi connectivity index (χ4n) is 6.58. The number of para-hydroxylation sites is 1. The molecule has 0 fully saturated rings. The summed E-state index contributed by atoms with van der Waals surface area (Å²) in [5.74, 6) is 2.06. The normalized spacial score (nSPS) is 11.8. The van der Waals surface area contributed by atoms with Gasteiger partial charge in [-0.15, -0.1) is 34.0 Å². The van der Waals surface area contributed by atoms with Crippen molar-refractivity contribution >= 4 is 74.6 Å². The largest absolute Gasteiger partial charge is 0.307 e. The van der Waals surface area contributed by atoms with Crippen molar-refractivity contribution in [3.8, 4) is 51.0 Å². The average Bonchev–Trinajstić information content (AvgIpc) is 3.92. The summed E-state index contributed by atoms with van der Waals surface area (Å²) in [6.07, 6.45) is 0. The molecule has 226 valence electrons. The van der Waals surface area contributed by atoms with Crippen LogP contribution in [0.1, 0.15) is 0 Å². The van der Waals surface area contributed by atoms with E-state index < -0.39 is 0 Å². The third-order valence-electron chi connectivity index (χ3n) is 8.84. The molecule has 0 atom stereocenters. The van der Waals surface area contributed by atoms with Crippen molar-refractivity contribution in [3.63, 3.8) is 0 Å². The van der Waals surface area contributed by atoms with Crippen LogP contribution in [0.4, 0.5) is 0 Å². The third-order valence-corrected chi connectivity index (χ3v) is 12.5. The van der Waals surface area contributed by atoms with Crippen LogP contribution < -0.4 is 0 Å². The van der Waals surface area contributed by atoms with Crippen LogP contribution >= 0.6 is 34.0 Å². The topological polar surface area (TPSA) is 43.6 Å². The van der Waals surface area contributed by atoms with Gasteiger partial charge in [0, 0.05) is 38.2 Å². The quantitative estimate of drug-likeness (QED) is 0.183. The third kappa shape index (κ3) is 4.36. The molecule has 0 amide bonds. The predicted octanol–water partition coefficient (Wildman–Crippen LogP) is 12.1. The molecule has 0 spiro atoms. The first kappa shape index (κ1) is 27.6. The number of nitrogens with zero attached hydrogens (tertiary/aromatic N) is 4. The Labute approximate surface area is 287 Å². The Morgan fingerprint density at radius 1 is 0.417 bits per heavy atom. The zero-order valence-electron chi connectivity index (χ0n) is 25.4. The van der Waals surface area contributed by atoms with Gasteiger partial charge in [0.2, 0.25) is 0 Å². The number of hydrogen-bond acceptors (Lipinski definition) is 6. The Morgan fingerprint density at radius 2 is 0.979 bits per heavy atom. The predicted molar refractivity (Wildman–Crippen MR) is 205 cm³/mol. The summed E-state index contributed by atoms with van der Waals surface area (Å²) in [5, 5.41) is 7.05. The Morgan fingerprint density at radius 3 is 1.69 bits per heavy atom. The van der Waals surface area contributed by atoms with E-state index in [0.29, 0.717) is 17.5 Å². The first-order valence-electron chi connectivity index (χ1n) is 15.7. The van der Waals surface area contributed by atoms with Crippen LogP contribution in [0.25, 0.3) is 91.6 Å². The molecule has 0 aliphatic heterocycles. The molecule has 5 heterocycles. The summed E-state index contributed by atoms with van der Waals surface area (Å²) in [6, 6.07) is 46.6. The molecule has 0 saturated carbocycles. The highest BCUT2D eigenvalue weighted by Gasteiger charge is 2.23. The Hall–Kier alpha value is -5.47. The number of thiophene rings is 3. The van der Waals surface area contributed by atoms with E-state index in [9.17, 15) is 0 Å². The number of benzene rings is 5. The van der Waals surface area contributed by atoms with E-state index in [0.717, 1.165) is 16.7 Å². The highest BCUT2D eigenvalue weighted by atomic mass is 32.1. The lowest BCUT2D eigenvalue weighted by atomic mass is 10.0. The van der Waals surface area contributed by atoms with E-state index in [1.54, 1.807) is 11.3 Å². The molecular formula is C41H24N4S3. The molecule has 0 aliphatic rings. The number of rotatable bonds is 5. The van der Waals surface area contributed by atoms with Crippen LogP contribution in [0.5, 0.6) is 0 Å². The van der Waals surface area contributed by atoms with Gasteiger partial charge in [0.15, 0.2) is 17.5 Å². The van der Waals surface area contributed by atoms with Crippen LogP contribution in [0.3, 0.4) is 0 Å². The molecule has 7 heteroatoms. The van der Waals surface area contributed by atoms with Crippen molar-refractivity contribution in [3.05, 3.63) is 144 Å². The molecule has 0 aliphatic carbocycles. The molecule has 10 aromatic rings. The van der Waals surface area contributed by atoms with Gasteiger partial charge in [-0.25, -0.2) is 15.0 Å². The maximum Gasteiger partial charge on any atom is 0.166 e. The number of aromatic nitrogens is 4. The molecule has 5 aromatic heterocycles. The summed E-state index contributed by atoms with van der Waals surface area (Å²) in [5.41, 5.74) is 9.10. The van der Waals surface area contributed by atoms with Crippen molar-refractivity contribution in [1.82, 2.24) is 19.5 Å². The van der Waals surface area contributed by atoms with Crippen molar-refractivity contribution in [2.45, 2.75) is 0 Å². The summed E-state index contributed by atoms with van der Waals surface area (Å²) < 4.78 is 7.56. The monoisotopic (exact) mass is 668 g/mol. The van der Waals surface area contributed by atoms with Gasteiger partial charge >= 0.3 is 0 Å². The molecule has 0 unspecified atom stereocenters. The maximum atomic E-state index is 5.05. The molecule has 4 nitrogen and oxygen atoms in total. The minimum Gasteiger partial charge on any atom is -0.307 e. The molecule has 5 aromatic carbocycles. The zero-order chi connectivity index (χ0) is 31.6. The van der Waals surface area contributed by atoms with Gasteiger partial charge < -0.3 is 4.57 Å². The van der Waals surface area contributed by atoms with Crippen LogP contribution in [0.15, 0.2) is 144 Å². The standard InChI is InChI=1S/C41H24N4S3/c1-4-12-25(13-5-1)28-20-21-33-30(22-28)29-18-10-11-19-32(29)45(33)34-24-47-38-36(34)48-35-31(23-46-37(35)38)41-43-39(26-14-6-2-7-15-26)42-40(44-41)27-16-8-3-9-17-27/h1-24H. The second kappa shape index (κ2) is 11.1. The van der Waals surface area contributed by atoms with Gasteiger partial charge in [0.05, 0.1) is 35.5 Å². The fraction of sp³-hybridized carbons (Fsp3) is 0. The molecule has 0 saturated heterocycles. The SMILES string of the molecule is c1ccc(-c2ccc3c(c2)c2ccccc2n3-c2csc3c2sc2c(-c4nc(-c5ccccc5)nc(-c5ccccc5)n4)csc23)cc1. The zero-order valence-corrected chi connectivity index (χ0v) is 27.8. The van der Waals surface area contributed by atoms with Gasteiger partial charge in [0.25, 0.3) is 0 Å². The fourth-order valence-corrected chi connectivity index (χ4v) is 10.6. The lowest BCUT2D eigenvalue weighted by Crippen LogP contribution is -1.99. The highest BCUT2D eigenvalue weighted by Crippen LogP contribution is 2.49. The van der Waals surface area contributed by atoms with E-state index >= 15 is 0 Å². The van der Waals surface area contributed by atoms with Crippen molar-refractivity contribution in [2.75, 3.05) is 0 Å². The van der Waals surface area contributed by atoms with Gasteiger partial charge in [-0.1, -0.05) is 115 Å². The van der Waals surface area contributed by atoms with Gasteiger partial charge in [0.1, 0.15) is 0 Å². The Kier molecular flexibility index (Phi) is 6.37. The molecular weight excluding hydrogens is 645 g/mol. The van der Waals surface area contributed by atoms with Gasteiger partial charge in [-0.2, -0.15) is 0 Å². The Balaban J connectivity index is 1.17. The smallest absolute Gasteiger partial charge is 0.166 e. The van der Waals surface area contributed by atoms with Crippen LogP contribution in [0.2, 0.25) is 0 Å². The highest BCUT2D eigenvalue weighted by molar-refractivity contribution is 7.38. The number of fused-ring (bicyclic) bond motifs is 6. The number of hydrogen-bond donors (Lipinski definition) is 0. The second-order valence-corrected chi connectivity index (χ2v) is 14.5. The van der Waals surface area contributed by atoms with Crippen molar-refractivity contribution in [2.24, 2.45) is 0 Å². The van der Waals surface area contributed by atoms with Crippen molar-refractivity contribution in [1.29, 1.82) is 0 Å². The summed E-state index contributed by atoms with van der Waals surface area (Å²) >= 11 is 5.44. The van der Waals surface area contributed by atoms with E-state index in [1.807, 2.05) is 59.1 Å². The molecule has 0 N–H and O–H groups in total. The van der Waals surface area contributed by atoms with E-state index in [1.165, 1.54) is 57.4 Å². The van der Waals surface area contributed by atoms with E-state index in [4.69, 9.17) is 15.0 Å². The molecule has 0 radical (unpaired) electrons. The van der Waals surface area contributed by atoms with Crippen LogP contribution in [0, 0.1) is 0 Å². The second-order valence-electron chi connectivity index (χ2n) is 11.7. The van der Waals surface area contributed by atoms with E-state index in [-0.39, 0.29) is 0 Å². The first-order chi connectivity index (χ1) is 23.8. The minimum absolute atomic E-state index is 0.679. The molecule has 10 rings (SSSR count). The van der Waals surface area contributed by atoms with Crippen LogP contribution in [-0.4, -0.2) is 19.5 Å². The van der Waals surface area contributed by atoms with Crippen LogP contribution in [-0.2, 0) is 0 Å². The first-order valence-corrected chi connectivity index (χ1v) is 18.3. The maximum absolute atomic E-state index is 5.05. The molecule has 48 heavy (non-hydrogen) atoms.